The van der Waals surface area contributed by atoms with Crippen LogP contribution in [0.25, 0.3) is 0 Å². The first kappa shape index (κ1) is 12.8. The molecule has 0 radical (unpaired) electrons. The average molecular weight is 277 g/mol. The molecular formula is C10H14Cl2N4O. The van der Waals surface area contributed by atoms with Crippen molar-refractivity contribution in [2.45, 2.75) is 25.9 Å². The summed E-state index contributed by atoms with van der Waals surface area (Å²) < 4.78 is 0. The van der Waals surface area contributed by atoms with Crippen molar-refractivity contribution >= 4 is 29.0 Å². The van der Waals surface area contributed by atoms with Gasteiger partial charge in [0, 0.05) is 13.1 Å². The topological polar surface area (TPSA) is 62.1 Å². The van der Waals surface area contributed by atoms with E-state index in [1.54, 1.807) is 0 Å². The molecule has 2 rings (SSSR count). The number of halogens is 2. The van der Waals surface area contributed by atoms with Crippen molar-refractivity contribution in [2.24, 2.45) is 5.92 Å². The smallest absolute Gasteiger partial charge is 0.245 e. The van der Waals surface area contributed by atoms with E-state index in [-0.39, 0.29) is 16.5 Å². The Morgan fingerprint density at radius 3 is 2.53 bits per heavy atom. The van der Waals surface area contributed by atoms with E-state index in [2.05, 4.69) is 15.2 Å². The highest BCUT2D eigenvalue weighted by atomic mass is 35.5. The minimum absolute atomic E-state index is 0.0991. The first-order chi connectivity index (χ1) is 8.08. The number of aliphatic hydroxyl groups is 1. The molecule has 1 fully saturated rings. The van der Waals surface area contributed by atoms with Gasteiger partial charge in [0.05, 0.1) is 6.10 Å². The first-order valence-electron chi connectivity index (χ1n) is 5.56. The fourth-order valence-corrected chi connectivity index (χ4v) is 2.40. The number of anilines is 1. The van der Waals surface area contributed by atoms with E-state index in [1.807, 2.05) is 11.8 Å². The lowest BCUT2D eigenvalue weighted by Crippen LogP contribution is -2.37. The zero-order chi connectivity index (χ0) is 12.4. The normalized spacial score (nSPS) is 19.4. The molecule has 2 heterocycles. The Hall–Kier alpha value is -0.650. The van der Waals surface area contributed by atoms with E-state index in [0.717, 1.165) is 25.9 Å². The SMILES string of the molecule is CC(O)C1CCN(c2nc(Cl)nnc2Cl)CC1. The molecule has 0 aromatic carbocycles. The van der Waals surface area contributed by atoms with Gasteiger partial charge >= 0.3 is 0 Å². The molecule has 0 spiro atoms. The second-order valence-corrected chi connectivity index (χ2v) is 4.96. The van der Waals surface area contributed by atoms with Crippen LogP contribution in [-0.4, -0.2) is 39.5 Å². The molecular weight excluding hydrogens is 263 g/mol. The van der Waals surface area contributed by atoms with Crippen molar-refractivity contribution in [2.75, 3.05) is 18.0 Å². The second kappa shape index (κ2) is 5.33. The third kappa shape index (κ3) is 2.97. The standard InChI is InChI=1S/C10H14Cl2N4O/c1-6(17)7-2-4-16(5-3-7)9-8(11)14-15-10(12)13-9/h6-7,17H,2-5H2,1H3. The molecule has 17 heavy (non-hydrogen) atoms. The van der Waals surface area contributed by atoms with Gasteiger partial charge in [0.1, 0.15) is 0 Å². The molecule has 0 aliphatic carbocycles. The number of nitrogens with zero attached hydrogens (tertiary/aromatic N) is 4. The number of aromatic nitrogens is 3. The van der Waals surface area contributed by atoms with Crippen molar-refractivity contribution in [1.82, 2.24) is 15.2 Å². The Morgan fingerprint density at radius 1 is 1.29 bits per heavy atom. The van der Waals surface area contributed by atoms with Crippen LogP contribution in [0, 0.1) is 5.92 Å². The number of hydrogen-bond donors (Lipinski definition) is 1. The van der Waals surface area contributed by atoms with Crippen molar-refractivity contribution < 1.29 is 5.11 Å². The van der Waals surface area contributed by atoms with Crippen LogP contribution in [0.2, 0.25) is 10.4 Å². The third-order valence-corrected chi connectivity index (χ3v) is 3.53. The van der Waals surface area contributed by atoms with E-state index in [1.165, 1.54) is 0 Å². The van der Waals surface area contributed by atoms with Gasteiger partial charge in [-0.3, -0.25) is 0 Å². The summed E-state index contributed by atoms with van der Waals surface area (Å²) in [6.07, 6.45) is 1.56. The minimum atomic E-state index is -0.264. The number of hydrogen-bond acceptors (Lipinski definition) is 5. The predicted molar refractivity (Wildman–Crippen MR) is 66.5 cm³/mol. The zero-order valence-electron chi connectivity index (χ0n) is 9.48. The van der Waals surface area contributed by atoms with Crippen molar-refractivity contribution in [1.29, 1.82) is 0 Å². The minimum Gasteiger partial charge on any atom is -0.393 e. The molecule has 5 nitrogen and oxygen atoms in total. The number of piperidine rings is 1. The molecule has 0 saturated carbocycles. The van der Waals surface area contributed by atoms with Gasteiger partial charge in [0.2, 0.25) is 5.28 Å². The highest BCUT2D eigenvalue weighted by Gasteiger charge is 2.25. The van der Waals surface area contributed by atoms with Crippen LogP contribution in [0.5, 0.6) is 0 Å². The van der Waals surface area contributed by atoms with E-state index < -0.39 is 0 Å². The van der Waals surface area contributed by atoms with E-state index in [4.69, 9.17) is 23.2 Å². The van der Waals surface area contributed by atoms with Gasteiger partial charge < -0.3 is 10.0 Å². The summed E-state index contributed by atoms with van der Waals surface area (Å²) in [4.78, 5) is 6.12. The molecule has 1 atom stereocenters. The lowest BCUT2D eigenvalue weighted by Gasteiger charge is -2.33. The van der Waals surface area contributed by atoms with E-state index in [9.17, 15) is 5.11 Å². The monoisotopic (exact) mass is 276 g/mol. The maximum Gasteiger partial charge on any atom is 0.245 e. The molecule has 1 aromatic heterocycles. The molecule has 0 bridgehead atoms. The summed E-state index contributed by atoms with van der Waals surface area (Å²) in [5.41, 5.74) is 0. The second-order valence-electron chi connectivity index (χ2n) is 4.26. The third-order valence-electron chi connectivity index (χ3n) is 3.12. The predicted octanol–water partition coefficient (Wildman–Crippen LogP) is 1.78. The van der Waals surface area contributed by atoms with Crippen LogP contribution in [0.1, 0.15) is 19.8 Å². The lowest BCUT2D eigenvalue weighted by atomic mass is 9.92. The lowest BCUT2D eigenvalue weighted by molar-refractivity contribution is 0.110. The van der Waals surface area contributed by atoms with Gasteiger partial charge in [-0.25, -0.2) is 0 Å². The van der Waals surface area contributed by atoms with Gasteiger partial charge in [-0.1, -0.05) is 11.6 Å². The molecule has 1 aliphatic heterocycles. The Balaban J connectivity index is 2.07. The Bertz CT molecular complexity index is 394. The zero-order valence-corrected chi connectivity index (χ0v) is 11.0. The highest BCUT2D eigenvalue weighted by Crippen LogP contribution is 2.27. The van der Waals surface area contributed by atoms with Crippen molar-refractivity contribution in [3.05, 3.63) is 10.4 Å². The van der Waals surface area contributed by atoms with Crippen LogP contribution in [0.3, 0.4) is 0 Å². The van der Waals surface area contributed by atoms with Gasteiger partial charge in [0.15, 0.2) is 11.0 Å². The van der Waals surface area contributed by atoms with Gasteiger partial charge in [-0.2, -0.15) is 4.98 Å². The maximum absolute atomic E-state index is 9.53. The first-order valence-corrected chi connectivity index (χ1v) is 6.32. The largest absolute Gasteiger partial charge is 0.393 e. The Labute approximate surface area is 110 Å². The number of rotatable bonds is 2. The molecule has 1 aliphatic rings. The van der Waals surface area contributed by atoms with Crippen LogP contribution in [-0.2, 0) is 0 Å². The summed E-state index contributed by atoms with van der Waals surface area (Å²) in [7, 11) is 0. The molecule has 1 aromatic rings. The Morgan fingerprint density at radius 2 is 1.94 bits per heavy atom. The summed E-state index contributed by atoms with van der Waals surface area (Å²) in [6.45, 7) is 3.42. The summed E-state index contributed by atoms with van der Waals surface area (Å²) in [5.74, 6) is 0.922. The molecule has 0 amide bonds. The van der Waals surface area contributed by atoms with Gasteiger partial charge in [-0.15, -0.1) is 10.2 Å². The summed E-state index contributed by atoms with van der Waals surface area (Å²) in [6, 6.07) is 0. The fraction of sp³-hybridized carbons (Fsp3) is 0.700. The quantitative estimate of drug-likeness (QED) is 0.892. The molecule has 94 valence electrons. The maximum atomic E-state index is 9.53. The van der Waals surface area contributed by atoms with Crippen LogP contribution >= 0.6 is 23.2 Å². The molecule has 1 unspecified atom stereocenters. The van der Waals surface area contributed by atoms with Gasteiger partial charge in [-0.05, 0) is 37.3 Å². The molecule has 7 heteroatoms. The number of aliphatic hydroxyl groups excluding tert-OH is 1. The van der Waals surface area contributed by atoms with Crippen LogP contribution in [0.4, 0.5) is 5.82 Å². The average Bonchev–Trinajstić information content (AvgIpc) is 2.32. The van der Waals surface area contributed by atoms with E-state index >= 15 is 0 Å². The van der Waals surface area contributed by atoms with Crippen LogP contribution in [0.15, 0.2) is 0 Å². The van der Waals surface area contributed by atoms with E-state index in [0.29, 0.717) is 11.7 Å². The fourth-order valence-electron chi connectivity index (χ4n) is 2.08. The highest BCUT2D eigenvalue weighted by molar-refractivity contribution is 6.32. The molecule has 1 N–H and O–H groups in total. The van der Waals surface area contributed by atoms with Crippen molar-refractivity contribution in [3.63, 3.8) is 0 Å². The summed E-state index contributed by atoms with van der Waals surface area (Å²) in [5, 5.41) is 17.2. The summed E-state index contributed by atoms with van der Waals surface area (Å²) >= 11 is 11.6. The Kier molecular flexibility index (Phi) is 4.01. The van der Waals surface area contributed by atoms with Gasteiger partial charge in [0.25, 0.3) is 0 Å². The van der Waals surface area contributed by atoms with Crippen molar-refractivity contribution in [3.8, 4) is 0 Å². The molecule has 1 saturated heterocycles. The van der Waals surface area contributed by atoms with Crippen LogP contribution < -0.4 is 4.90 Å².